The highest BCUT2D eigenvalue weighted by atomic mass is 16.5. The molecule has 120 valence electrons. The highest BCUT2D eigenvalue weighted by Gasteiger charge is 2.33. The number of aryl methyl sites for hydroxylation is 2. The van der Waals surface area contributed by atoms with E-state index in [0.29, 0.717) is 18.1 Å². The molecule has 0 amide bonds. The lowest BCUT2D eigenvalue weighted by molar-refractivity contribution is 0.0772. The van der Waals surface area contributed by atoms with Crippen LogP contribution in [0.5, 0.6) is 0 Å². The van der Waals surface area contributed by atoms with Gasteiger partial charge in [0.2, 0.25) is 0 Å². The minimum Gasteiger partial charge on any atom is -0.378 e. The molecular formula is C17H31N3O. The van der Waals surface area contributed by atoms with Crippen molar-refractivity contribution in [1.29, 1.82) is 0 Å². The third-order valence-corrected chi connectivity index (χ3v) is 4.55. The van der Waals surface area contributed by atoms with Crippen LogP contribution in [0.1, 0.15) is 51.4 Å². The van der Waals surface area contributed by atoms with Crippen LogP contribution in [-0.2, 0) is 17.7 Å². The average Bonchev–Trinajstić information content (AvgIpc) is 3.09. The molecule has 0 spiro atoms. The van der Waals surface area contributed by atoms with E-state index in [1.54, 1.807) is 0 Å². The molecule has 1 fully saturated rings. The fraction of sp³-hybridized carbons (Fsp3) is 0.824. The Bertz CT molecular complexity index is 430. The Balaban J connectivity index is 2.11. The first-order valence-electron chi connectivity index (χ1n) is 8.57. The Morgan fingerprint density at radius 3 is 2.90 bits per heavy atom. The van der Waals surface area contributed by atoms with Crippen LogP contribution in [-0.4, -0.2) is 35.1 Å². The van der Waals surface area contributed by atoms with Crippen LogP contribution in [0, 0.1) is 12.8 Å². The van der Waals surface area contributed by atoms with Crippen molar-refractivity contribution in [3.63, 3.8) is 0 Å². The maximum absolute atomic E-state index is 5.91. The Kier molecular flexibility index (Phi) is 6.24. The molecule has 4 nitrogen and oxygen atoms in total. The summed E-state index contributed by atoms with van der Waals surface area (Å²) in [6, 6.07) is 2.74. The van der Waals surface area contributed by atoms with E-state index < -0.39 is 0 Å². The van der Waals surface area contributed by atoms with E-state index in [9.17, 15) is 0 Å². The lowest BCUT2D eigenvalue weighted by Gasteiger charge is -2.28. The Morgan fingerprint density at radius 1 is 1.43 bits per heavy atom. The van der Waals surface area contributed by atoms with E-state index >= 15 is 0 Å². The lowest BCUT2D eigenvalue weighted by Crippen LogP contribution is -2.42. The molecule has 1 saturated heterocycles. The molecule has 0 aromatic carbocycles. The fourth-order valence-corrected chi connectivity index (χ4v) is 3.51. The molecule has 1 aliphatic rings. The first kappa shape index (κ1) is 16.5. The molecule has 4 heteroatoms. The van der Waals surface area contributed by atoms with Gasteiger partial charge in [0.05, 0.1) is 11.8 Å². The smallest absolute Gasteiger partial charge is 0.0616 e. The van der Waals surface area contributed by atoms with Crippen LogP contribution in [0.15, 0.2) is 6.07 Å². The van der Waals surface area contributed by atoms with Gasteiger partial charge in [-0.15, -0.1) is 0 Å². The number of ether oxygens (including phenoxy) is 1. The van der Waals surface area contributed by atoms with Gasteiger partial charge in [0.1, 0.15) is 0 Å². The normalized spacial score (nSPS) is 23.6. The van der Waals surface area contributed by atoms with E-state index in [1.807, 2.05) is 0 Å². The molecule has 3 atom stereocenters. The van der Waals surface area contributed by atoms with Crippen LogP contribution >= 0.6 is 0 Å². The Morgan fingerprint density at radius 2 is 2.24 bits per heavy atom. The summed E-state index contributed by atoms with van der Waals surface area (Å²) in [6.45, 7) is 11.7. The Hall–Kier alpha value is -0.870. The van der Waals surface area contributed by atoms with Gasteiger partial charge in [-0.25, -0.2) is 0 Å². The van der Waals surface area contributed by atoms with Gasteiger partial charge in [-0.05, 0) is 45.7 Å². The van der Waals surface area contributed by atoms with Crippen LogP contribution in [0.2, 0.25) is 0 Å². The van der Waals surface area contributed by atoms with Crippen LogP contribution in [0.25, 0.3) is 0 Å². The summed E-state index contributed by atoms with van der Waals surface area (Å²) in [5.74, 6) is 0.627. The van der Waals surface area contributed by atoms with Crippen molar-refractivity contribution in [1.82, 2.24) is 15.1 Å². The summed E-state index contributed by atoms with van der Waals surface area (Å²) in [7, 11) is 0. The maximum atomic E-state index is 5.91. The maximum Gasteiger partial charge on any atom is 0.0616 e. The Labute approximate surface area is 129 Å². The quantitative estimate of drug-likeness (QED) is 0.801. The first-order chi connectivity index (χ1) is 10.2. The summed E-state index contributed by atoms with van der Waals surface area (Å²) in [5.41, 5.74) is 2.47. The summed E-state index contributed by atoms with van der Waals surface area (Å²) in [6.07, 6.45) is 4.94. The van der Waals surface area contributed by atoms with Crippen LogP contribution in [0.4, 0.5) is 0 Å². The zero-order valence-electron chi connectivity index (χ0n) is 14.1. The lowest BCUT2D eigenvalue weighted by atomic mass is 9.88. The van der Waals surface area contributed by atoms with E-state index in [2.05, 4.69) is 48.9 Å². The van der Waals surface area contributed by atoms with Gasteiger partial charge >= 0.3 is 0 Å². The first-order valence-corrected chi connectivity index (χ1v) is 8.57. The number of nitrogens with one attached hydrogen (secondary N) is 1. The zero-order valence-corrected chi connectivity index (χ0v) is 14.1. The van der Waals surface area contributed by atoms with Gasteiger partial charge in [-0.3, -0.25) is 4.68 Å². The standard InChI is InChI=1S/C17H31N3O/c1-5-9-18-16(15-8-10-21-17(15)6-2)12-14-11-13(4)19-20(14)7-3/h11,15-18H,5-10,12H2,1-4H3. The van der Waals surface area contributed by atoms with Gasteiger partial charge in [-0.2, -0.15) is 5.10 Å². The summed E-state index contributed by atoms with van der Waals surface area (Å²) in [5, 5.41) is 8.35. The third kappa shape index (κ3) is 4.07. The van der Waals surface area contributed by atoms with Gasteiger partial charge in [0, 0.05) is 37.2 Å². The topological polar surface area (TPSA) is 39.1 Å². The summed E-state index contributed by atoms with van der Waals surface area (Å²) in [4.78, 5) is 0. The molecule has 2 rings (SSSR count). The zero-order chi connectivity index (χ0) is 15.2. The van der Waals surface area contributed by atoms with Gasteiger partial charge in [-0.1, -0.05) is 13.8 Å². The van der Waals surface area contributed by atoms with Crippen LogP contribution < -0.4 is 5.32 Å². The van der Waals surface area contributed by atoms with Gasteiger partial charge in [0.25, 0.3) is 0 Å². The highest BCUT2D eigenvalue weighted by Crippen LogP contribution is 2.28. The SMILES string of the molecule is CCCNC(Cc1cc(C)nn1CC)C1CCOC1CC. The number of hydrogen-bond donors (Lipinski definition) is 1. The molecule has 1 aliphatic heterocycles. The van der Waals surface area contributed by atoms with Crippen molar-refractivity contribution in [3.8, 4) is 0 Å². The number of hydrogen-bond acceptors (Lipinski definition) is 3. The second-order valence-corrected chi connectivity index (χ2v) is 6.13. The molecule has 1 aromatic heterocycles. The van der Waals surface area contributed by atoms with Crippen LogP contribution in [0.3, 0.4) is 0 Å². The van der Waals surface area contributed by atoms with Crippen molar-refractivity contribution >= 4 is 0 Å². The predicted octanol–water partition coefficient (Wildman–Crippen LogP) is 2.94. The molecule has 1 aromatic rings. The second kappa shape index (κ2) is 7.95. The van der Waals surface area contributed by atoms with Crippen molar-refractivity contribution in [2.45, 2.75) is 72.1 Å². The minimum absolute atomic E-state index is 0.415. The van der Waals surface area contributed by atoms with E-state index in [4.69, 9.17) is 4.74 Å². The molecule has 1 N–H and O–H groups in total. The van der Waals surface area contributed by atoms with Crippen molar-refractivity contribution < 1.29 is 4.74 Å². The molecule has 3 unspecified atom stereocenters. The predicted molar refractivity (Wildman–Crippen MR) is 86.6 cm³/mol. The molecular weight excluding hydrogens is 262 g/mol. The highest BCUT2D eigenvalue weighted by molar-refractivity contribution is 5.11. The van der Waals surface area contributed by atoms with E-state index in [-0.39, 0.29) is 0 Å². The van der Waals surface area contributed by atoms with Crippen molar-refractivity contribution in [3.05, 3.63) is 17.5 Å². The number of aromatic nitrogens is 2. The second-order valence-electron chi connectivity index (χ2n) is 6.13. The summed E-state index contributed by atoms with van der Waals surface area (Å²) < 4.78 is 8.06. The largest absolute Gasteiger partial charge is 0.378 e. The molecule has 0 bridgehead atoms. The van der Waals surface area contributed by atoms with E-state index in [1.165, 1.54) is 18.5 Å². The monoisotopic (exact) mass is 293 g/mol. The molecule has 2 heterocycles. The fourth-order valence-electron chi connectivity index (χ4n) is 3.51. The van der Waals surface area contributed by atoms with E-state index in [0.717, 1.165) is 38.2 Å². The molecule has 0 saturated carbocycles. The molecule has 0 aliphatic carbocycles. The number of nitrogens with zero attached hydrogens (tertiary/aromatic N) is 2. The molecule has 0 radical (unpaired) electrons. The van der Waals surface area contributed by atoms with Gasteiger partial charge < -0.3 is 10.1 Å². The minimum atomic E-state index is 0.415. The third-order valence-electron chi connectivity index (χ3n) is 4.55. The van der Waals surface area contributed by atoms with Crippen molar-refractivity contribution in [2.24, 2.45) is 5.92 Å². The molecule has 21 heavy (non-hydrogen) atoms. The average molecular weight is 293 g/mol. The van der Waals surface area contributed by atoms with Gasteiger partial charge in [0.15, 0.2) is 0 Å². The van der Waals surface area contributed by atoms with Crippen molar-refractivity contribution in [2.75, 3.05) is 13.2 Å². The summed E-state index contributed by atoms with van der Waals surface area (Å²) >= 11 is 0. The number of rotatable bonds is 8.